The van der Waals surface area contributed by atoms with Gasteiger partial charge >= 0.3 is 6.36 Å². The van der Waals surface area contributed by atoms with Crippen LogP contribution in [0.3, 0.4) is 0 Å². The first-order chi connectivity index (χ1) is 18.5. The molecule has 0 bridgehead atoms. The molecule has 14 heteroatoms. The molecule has 1 N–H and O–H groups in total. The number of thiazole rings is 1. The molecule has 0 unspecified atom stereocenters. The molecule has 10 nitrogen and oxygen atoms in total. The zero-order valence-electron chi connectivity index (χ0n) is 21.3. The van der Waals surface area contributed by atoms with Crippen LogP contribution in [0.25, 0.3) is 11.3 Å². The number of pyridine rings is 1. The number of aromatic nitrogens is 2. The number of ether oxygens (including phenoxy) is 2. The van der Waals surface area contributed by atoms with E-state index in [0.717, 1.165) is 11.3 Å². The number of rotatable bonds is 10. The quantitative estimate of drug-likeness (QED) is 0.378. The summed E-state index contributed by atoms with van der Waals surface area (Å²) in [5, 5.41) is 4.42. The van der Waals surface area contributed by atoms with Crippen LogP contribution >= 0.6 is 11.3 Å². The Morgan fingerprint density at radius 2 is 1.79 bits per heavy atom. The highest BCUT2D eigenvalue weighted by Crippen LogP contribution is 2.27. The van der Waals surface area contributed by atoms with Crippen LogP contribution in [-0.4, -0.2) is 72.9 Å². The van der Waals surface area contributed by atoms with Gasteiger partial charge in [-0.15, -0.1) is 24.5 Å². The van der Waals surface area contributed by atoms with Crippen molar-refractivity contribution in [3.8, 4) is 17.0 Å². The molecule has 2 aromatic heterocycles. The van der Waals surface area contributed by atoms with Crippen LogP contribution in [-0.2, 0) is 16.1 Å². The Morgan fingerprint density at radius 3 is 2.44 bits per heavy atom. The number of halogens is 3. The molecule has 0 fully saturated rings. The maximum Gasteiger partial charge on any atom is 0.573 e. The predicted octanol–water partition coefficient (Wildman–Crippen LogP) is 3.11. The monoisotopic (exact) mass is 565 g/mol. The van der Waals surface area contributed by atoms with Gasteiger partial charge in [0.2, 0.25) is 5.91 Å². The van der Waals surface area contributed by atoms with E-state index in [0.29, 0.717) is 35.6 Å². The van der Waals surface area contributed by atoms with Gasteiger partial charge in [0.15, 0.2) is 4.80 Å². The van der Waals surface area contributed by atoms with Gasteiger partial charge in [0.25, 0.3) is 11.8 Å². The Kier molecular flexibility index (Phi) is 9.95. The number of carbonyl (C=O) groups excluding carboxylic acids is 3. The minimum absolute atomic E-state index is 0.0234. The van der Waals surface area contributed by atoms with Gasteiger partial charge in [-0.2, -0.15) is 4.99 Å². The van der Waals surface area contributed by atoms with E-state index >= 15 is 0 Å². The fourth-order valence-corrected chi connectivity index (χ4v) is 4.32. The summed E-state index contributed by atoms with van der Waals surface area (Å²) in [5.74, 6) is -1.70. The van der Waals surface area contributed by atoms with Crippen LogP contribution in [0.5, 0.6) is 5.75 Å². The highest BCUT2D eigenvalue weighted by atomic mass is 32.1. The molecule has 0 aliphatic heterocycles. The SMILES string of the molecule is COCC(=O)NCCCn1c(-c2ccc(OC(F)(F)F)cc2)csc1=NC(=O)c1cccc(C(=O)N(C)C)n1. The largest absolute Gasteiger partial charge is 0.573 e. The third-order valence-corrected chi connectivity index (χ3v) is 5.99. The summed E-state index contributed by atoms with van der Waals surface area (Å²) in [7, 11) is 4.54. The van der Waals surface area contributed by atoms with Crippen molar-refractivity contribution in [2.75, 3.05) is 34.4 Å². The minimum Gasteiger partial charge on any atom is -0.406 e. The van der Waals surface area contributed by atoms with E-state index in [1.807, 2.05) is 0 Å². The van der Waals surface area contributed by atoms with E-state index in [4.69, 9.17) is 4.74 Å². The molecule has 208 valence electrons. The molecule has 1 aromatic carbocycles. The van der Waals surface area contributed by atoms with Crippen molar-refractivity contribution >= 4 is 29.1 Å². The molecule has 0 aliphatic carbocycles. The number of alkyl halides is 3. The molecule has 0 saturated carbocycles. The number of benzene rings is 1. The van der Waals surface area contributed by atoms with Crippen molar-refractivity contribution in [1.82, 2.24) is 19.8 Å². The Bertz CT molecular complexity index is 1380. The molecule has 0 spiro atoms. The average Bonchev–Trinajstić information content (AvgIpc) is 3.27. The summed E-state index contributed by atoms with van der Waals surface area (Å²) in [6.07, 6.45) is -4.35. The summed E-state index contributed by atoms with van der Waals surface area (Å²) < 4.78 is 48.1. The summed E-state index contributed by atoms with van der Waals surface area (Å²) in [6.45, 7) is 0.554. The molecule has 3 aromatic rings. The number of amides is 3. The zero-order chi connectivity index (χ0) is 28.6. The number of nitrogens with zero attached hydrogens (tertiary/aromatic N) is 4. The van der Waals surface area contributed by atoms with E-state index < -0.39 is 12.3 Å². The standard InChI is InChI=1S/C25H26F3N5O5S/c1-32(2)23(36)19-7-4-6-18(30-19)22(35)31-24-33(13-5-12-29-21(34)14-37-3)20(15-39-24)16-8-10-17(11-9-16)38-25(26,27)28/h4,6-11,15H,5,12-14H2,1-3H3,(H,29,34). The molecule has 0 atom stereocenters. The Morgan fingerprint density at radius 1 is 1.10 bits per heavy atom. The molecule has 0 radical (unpaired) electrons. The fraction of sp³-hybridized carbons (Fsp3) is 0.320. The van der Waals surface area contributed by atoms with Crippen molar-refractivity contribution in [2.24, 2.45) is 4.99 Å². The second kappa shape index (κ2) is 13.2. The van der Waals surface area contributed by atoms with Crippen LogP contribution < -0.4 is 14.9 Å². The lowest BCUT2D eigenvalue weighted by Gasteiger charge is -2.12. The Balaban J connectivity index is 1.93. The van der Waals surface area contributed by atoms with Crippen molar-refractivity contribution in [3.63, 3.8) is 0 Å². The Hall–Kier alpha value is -4.04. The number of hydrogen-bond donors (Lipinski definition) is 1. The first-order valence-corrected chi connectivity index (χ1v) is 12.4. The number of methoxy groups -OCH3 is 1. The van der Waals surface area contributed by atoms with Crippen LogP contribution in [0.1, 0.15) is 27.4 Å². The fourth-order valence-electron chi connectivity index (χ4n) is 3.39. The van der Waals surface area contributed by atoms with E-state index in [1.165, 1.54) is 54.5 Å². The maximum atomic E-state index is 13.0. The smallest absolute Gasteiger partial charge is 0.406 e. The van der Waals surface area contributed by atoms with E-state index in [9.17, 15) is 27.6 Å². The maximum absolute atomic E-state index is 13.0. The predicted molar refractivity (Wildman–Crippen MR) is 136 cm³/mol. The summed E-state index contributed by atoms with van der Waals surface area (Å²) in [4.78, 5) is 46.9. The van der Waals surface area contributed by atoms with E-state index in [1.54, 1.807) is 24.0 Å². The normalized spacial score (nSPS) is 11.8. The number of nitrogens with one attached hydrogen (secondary N) is 1. The van der Waals surface area contributed by atoms with Gasteiger partial charge in [0.05, 0.1) is 5.69 Å². The highest BCUT2D eigenvalue weighted by Gasteiger charge is 2.31. The van der Waals surface area contributed by atoms with Gasteiger partial charge in [0, 0.05) is 39.7 Å². The van der Waals surface area contributed by atoms with Gasteiger partial charge in [0.1, 0.15) is 23.7 Å². The lowest BCUT2D eigenvalue weighted by molar-refractivity contribution is -0.274. The first kappa shape index (κ1) is 29.5. The van der Waals surface area contributed by atoms with Gasteiger partial charge in [-0.1, -0.05) is 6.07 Å². The number of hydrogen-bond acceptors (Lipinski definition) is 7. The van der Waals surface area contributed by atoms with E-state index in [2.05, 4.69) is 20.0 Å². The van der Waals surface area contributed by atoms with Gasteiger partial charge in [-0.3, -0.25) is 14.4 Å². The lowest BCUT2D eigenvalue weighted by Crippen LogP contribution is -2.29. The van der Waals surface area contributed by atoms with Crippen molar-refractivity contribution in [2.45, 2.75) is 19.3 Å². The molecule has 3 rings (SSSR count). The molecule has 2 heterocycles. The van der Waals surface area contributed by atoms with Crippen LogP contribution in [0.15, 0.2) is 52.8 Å². The average molecular weight is 566 g/mol. The second-order valence-electron chi connectivity index (χ2n) is 8.29. The lowest BCUT2D eigenvalue weighted by atomic mass is 10.1. The molecule has 0 aliphatic rings. The van der Waals surface area contributed by atoms with Crippen molar-refractivity contribution < 1.29 is 37.0 Å². The Labute approximate surface area is 225 Å². The molecular weight excluding hydrogens is 539 g/mol. The second-order valence-corrected chi connectivity index (χ2v) is 9.13. The van der Waals surface area contributed by atoms with Crippen LogP contribution in [0.2, 0.25) is 0 Å². The topological polar surface area (TPSA) is 115 Å². The molecule has 0 saturated heterocycles. The van der Waals surface area contributed by atoms with Crippen molar-refractivity contribution in [1.29, 1.82) is 0 Å². The van der Waals surface area contributed by atoms with Gasteiger partial charge < -0.3 is 24.3 Å². The summed E-state index contributed by atoms with van der Waals surface area (Å²) in [5.41, 5.74) is 1.23. The highest BCUT2D eigenvalue weighted by molar-refractivity contribution is 7.07. The van der Waals surface area contributed by atoms with Crippen molar-refractivity contribution in [3.05, 3.63) is 64.0 Å². The number of carbonyl (C=O) groups is 3. The van der Waals surface area contributed by atoms with Gasteiger partial charge in [-0.05, 0) is 48.4 Å². The summed E-state index contributed by atoms with van der Waals surface area (Å²) >= 11 is 1.15. The van der Waals surface area contributed by atoms with E-state index in [-0.39, 0.29) is 35.6 Å². The molecule has 3 amide bonds. The minimum atomic E-state index is -4.81. The van der Waals surface area contributed by atoms with Crippen LogP contribution in [0.4, 0.5) is 13.2 Å². The van der Waals surface area contributed by atoms with Gasteiger partial charge in [-0.25, -0.2) is 4.98 Å². The first-order valence-electron chi connectivity index (χ1n) is 11.6. The third-order valence-electron chi connectivity index (χ3n) is 5.13. The molecular formula is C25H26F3N5O5S. The zero-order valence-corrected chi connectivity index (χ0v) is 22.1. The van der Waals surface area contributed by atoms with Crippen LogP contribution in [0, 0.1) is 0 Å². The third kappa shape index (κ3) is 8.48. The molecule has 39 heavy (non-hydrogen) atoms. The summed E-state index contributed by atoms with van der Waals surface area (Å²) in [6, 6.07) is 9.78.